The van der Waals surface area contributed by atoms with Crippen molar-refractivity contribution in [1.29, 1.82) is 0 Å². The molecule has 0 bridgehead atoms. The van der Waals surface area contributed by atoms with E-state index in [4.69, 9.17) is 0 Å². The number of alkyl halides is 3. The fourth-order valence-corrected chi connectivity index (χ4v) is 3.01. The van der Waals surface area contributed by atoms with Gasteiger partial charge in [-0.15, -0.1) is 0 Å². The molecule has 1 unspecified atom stereocenters. The van der Waals surface area contributed by atoms with Gasteiger partial charge in [0.25, 0.3) is 5.70 Å². The van der Waals surface area contributed by atoms with Gasteiger partial charge in [0.05, 0.1) is 16.5 Å². The van der Waals surface area contributed by atoms with Crippen LogP contribution >= 0.6 is 0 Å². The topological polar surface area (TPSA) is 67.5 Å². The highest BCUT2D eigenvalue weighted by atomic mass is 19.4. The summed E-state index contributed by atoms with van der Waals surface area (Å²) in [6, 6.07) is 0.00180. The largest absolute Gasteiger partial charge is 0.413 e. The Bertz CT molecular complexity index is 572. The van der Waals surface area contributed by atoms with E-state index in [1.54, 1.807) is 0 Å². The first kappa shape index (κ1) is 14.2. The van der Waals surface area contributed by atoms with Crippen LogP contribution in [-0.2, 0) is 0 Å². The molecular weight excluding hydrogens is 287 g/mol. The third-order valence-corrected chi connectivity index (χ3v) is 4.05. The molecule has 3 aliphatic rings. The smallest absolute Gasteiger partial charge is 0.317 e. The van der Waals surface area contributed by atoms with Gasteiger partial charge in [-0.3, -0.25) is 15.1 Å². The maximum atomic E-state index is 13.0. The monoisotopic (exact) mass is 301 g/mol. The first-order valence-corrected chi connectivity index (χ1v) is 6.81. The maximum absolute atomic E-state index is 13.0. The van der Waals surface area contributed by atoms with Gasteiger partial charge in [-0.25, -0.2) is 0 Å². The number of nitro groups is 1. The lowest BCUT2D eigenvalue weighted by molar-refractivity contribution is -0.420. The van der Waals surface area contributed by atoms with Gasteiger partial charge in [-0.2, -0.15) is 13.2 Å². The number of aliphatic imine (C=N–C) groups is 1. The van der Waals surface area contributed by atoms with Crippen molar-refractivity contribution in [3.05, 3.63) is 33.0 Å². The number of hydrogen-bond acceptors (Lipinski definition) is 4. The molecule has 0 radical (unpaired) electrons. The van der Waals surface area contributed by atoms with Crippen molar-refractivity contribution in [3.63, 3.8) is 0 Å². The van der Waals surface area contributed by atoms with E-state index in [1.165, 1.54) is 0 Å². The zero-order valence-corrected chi connectivity index (χ0v) is 11.1. The molecule has 8 heteroatoms. The lowest BCUT2D eigenvalue weighted by Crippen LogP contribution is -2.30. The Balaban J connectivity index is 1.88. The predicted octanol–water partition coefficient (Wildman–Crippen LogP) is 2.23. The van der Waals surface area contributed by atoms with Crippen molar-refractivity contribution in [2.45, 2.75) is 31.5 Å². The van der Waals surface area contributed by atoms with Crippen molar-refractivity contribution >= 4 is 5.71 Å². The molecule has 21 heavy (non-hydrogen) atoms. The van der Waals surface area contributed by atoms with Gasteiger partial charge in [0.15, 0.2) is 0 Å². The van der Waals surface area contributed by atoms with Gasteiger partial charge in [-0.1, -0.05) is 0 Å². The SMILES string of the molecule is O=[N+]([O-])C1=C2CC(=NC3CCNCC3)C=C(C(F)(F)F)C21. The summed E-state index contributed by atoms with van der Waals surface area (Å²) in [4.78, 5) is 14.5. The van der Waals surface area contributed by atoms with Gasteiger partial charge in [0, 0.05) is 17.7 Å². The zero-order chi connectivity index (χ0) is 15.2. The third kappa shape index (κ3) is 2.72. The number of nitrogens with one attached hydrogen (secondary N) is 1. The van der Waals surface area contributed by atoms with E-state index in [1.807, 2.05) is 0 Å². The first-order valence-electron chi connectivity index (χ1n) is 6.81. The van der Waals surface area contributed by atoms with E-state index in [2.05, 4.69) is 10.3 Å². The Labute approximate surface area is 118 Å². The van der Waals surface area contributed by atoms with Crippen LogP contribution in [0.4, 0.5) is 13.2 Å². The van der Waals surface area contributed by atoms with Crippen LogP contribution in [0.3, 0.4) is 0 Å². The highest BCUT2D eigenvalue weighted by Gasteiger charge is 2.58. The van der Waals surface area contributed by atoms with Crippen LogP contribution < -0.4 is 5.32 Å². The molecule has 1 N–H and O–H groups in total. The molecule has 0 spiro atoms. The van der Waals surface area contributed by atoms with Gasteiger partial charge >= 0.3 is 6.18 Å². The van der Waals surface area contributed by atoms with Crippen molar-refractivity contribution in [1.82, 2.24) is 5.32 Å². The quantitative estimate of drug-likeness (QED) is 0.628. The Hall–Kier alpha value is -1.70. The molecular formula is C13H14F3N3O2. The number of nitrogens with zero attached hydrogens (tertiary/aromatic N) is 2. The van der Waals surface area contributed by atoms with E-state index in [0.29, 0.717) is 5.71 Å². The summed E-state index contributed by atoms with van der Waals surface area (Å²) >= 11 is 0. The van der Waals surface area contributed by atoms with E-state index in [0.717, 1.165) is 32.0 Å². The average Bonchev–Trinajstić information content (AvgIpc) is 3.12. The van der Waals surface area contributed by atoms with Crippen LogP contribution in [0.2, 0.25) is 0 Å². The Morgan fingerprint density at radius 1 is 1.33 bits per heavy atom. The summed E-state index contributed by atoms with van der Waals surface area (Å²) in [6.45, 7) is 1.59. The predicted molar refractivity (Wildman–Crippen MR) is 69.6 cm³/mol. The Morgan fingerprint density at radius 2 is 2.00 bits per heavy atom. The fraction of sp³-hybridized carbons (Fsp3) is 0.615. The Morgan fingerprint density at radius 3 is 2.57 bits per heavy atom. The molecule has 1 fully saturated rings. The second-order valence-electron chi connectivity index (χ2n) is 5.48. The number of allylic oxidation sites excluding steroid dienone is 3. The van der Waals surface area contributed by atoms with Crippen molar-refractivity contribution < 1.29 is 18.1 Å². The minimum absolute atomic E-state index is 0.00180. The molecule has 5 nitrogen and oxygen atoms in total. The van der Waals surface area contributed by atoms with Crippen LogP contribution in [0.1, 0.15) is 19.3 Å². The second kappa shape index (κ2) is 4.94. The van der Waals surface area contributed by atoms with Crippen LogP contribution in [0.5, 0.6) is 0 Å². The minimum atomic E-state index is -4.55. The summed E-state index contributed by atoms with van der Waals surface area (Å²) in [5, 5.41) is 14.0. The van der Waals surface area contributed by atoms with E-state index in [-0.39, 0.29) is 23.7 Å². The van der Waals surface area contributed by atoms with Crippen LogP contribution in [-0.4, -0.2) is 35.9 Å². The molecule has 1 heterocycles. The summed E-state index contributed by atoms with van der Waals surface area (Å²) in [7, 11) is 0. The maximum Gasteiger partial charge on any atom is 0.413 e. The van der Waals surface area contributed by atoms with Gasteiger partial charge < -0.3 is 5.32 Å². The Kier molecular flexibility index (Phi) is 3.35. The molecule has 0 aromatic carbocycles. The molecule has 0 aromatic heterocycles. The first-order chi connectivity index (χ1) is 9.88. The average molecular weight is 301 g/mol. The summed E-state index contributed by atoms with van der Waals surface area (Å²) in [5.74, 6) is -1.15. The number of hydrogen-bond donors (Lipinski definition) is 1. The van der Waals surface area contributed by atoms with E-state index >= 15 is 0 Å². The van der Waals surface area contributed by atoms with Gasteiger partial charge in [-0.05, 0) is 32.0 Å². The van der Waals surface area contributed by atoms with Crippen LogP contribution in [0, 0.1) is 16.0 Å². The molecule has 114 valence electrons. The molecule has 0 saturated carbocycles. The molecule has 0 amide bonds. The third-order valence-electron chi connectivity index (χ3n) is 4.05. The zero-order valence-electron chi connectivity index (χ0n) is 11.1. The fourth-order valence-electron chi connectivity index (χ4n) is 3.01. The summed E-state index contributed by atoms with van der Waals surface area (Å²) in [6.07, 6.45) is -1.81. The molecule has 1 atom stereocenters. The molecule has 1 aliphatic heterocycles. The molecule has 0 aromatic rings. The van der Waals surface area contributed by atoms with Crippen LogP contribution in [0.15, 0.2) is 27.9 Å². The van der Waals surface area contributed by atoms with E-state index in [9.17, 15) is 23.3 Å². The minimum Gasteiger partial charge on any atom is -0.317 e. The van der Waals surface area contributed by atoms with Gasteiger partial charge in [0.2, 0.25) is 0 Å². The molecule has 2 aliphatic carbocycles. The van der Waals surface area contributed by atoms with Crippen molar-refractivity contribution in [3.8, 4) is 0 Å². The molecule has 3 rings (SSSR count). The second-order valence-corrected chi connectivity index (χ2v) is 5.48. The molecule has 1 saturated heterocycles. The van der Waals surface area contributed by atoms with Crippen molar-refractivity contribution in [2.24, 2.45) is 10.9 Å². The van der Waals surface area contributed by atoms with Gasteiger partial charge in [0.1, 0.15) is 5.92 Å². The van der Waals surface area contributed by atoms with Crippen molar-refractivity contribution in [2.75, 3.05) is 13.1 Å². The highest BCUT2D eigenvalue weighted by Crippen LogP contribution is 2.54. The normalized spacial score (nSPS) is 28.4. The summed E-state index contributed by atoms with van der Waals surface area (Å²) < 4.78 is 39.1. The number of fused-ring (bicyclic) bond motifs is 1. The van der Waals surface area contributed by atoms with E-state index < -0.39 is 22.6 Å². The lowest BCUT2D eigenvalue weighted by Gasteiger charge is -2.21. The number of rotatable bonds is 2. The van der Waals surface area contributed by atoms with Crippen LogP contribution in [0.25, 0.3) is 0 Å². The lowest BCUT2D eigenvalue weighted by atomic mass is 9.95. The standard InChI is InChI=1S/C13H14F3N3O2/c14-13(15,16)10-6-8(18-7-1-3-17-4-2-7)5-9-11(10)12(9)19(20)21/h6-7,11,17H,1-5H2. The highest BCUT2D eigenvalue weighted by molar-refractivity contribution is 6.00. The summed E-state index contributed by atoms with van der Waals surface area (Å²) in [5.41, 5.74) is -0.558. The number of piperidine rings is 1. The number of halogens is 3.